The molecule has 0 aliphatic rings. The molecule has 90 valence electrons. The average Bonchev–Trinajstić information content (AvgIpc) is 2.14. The minimum absolute atomic E-state index is 0.686. The van der Waals surface area contributed by atoms with Gasteiger partial charge in [0.05, 0.1) is 12.4 Å². The highest BCUT2D eigenvalue weighted by Gasteiger charge is 2.21. The van der Waals surface area contributed by atoms with Gasteiger partial charge < -0.3 is 4.74 Å². The van der Waals surface area contributed by atoms with Crippen LogP contribution in [0.2, 0.25) is 0 Å². The summed E-state index contributed by atoms with van der Waals surface area (Å²) in [5, 5.41) is -0.711. The first-order chi connectivity index (χ1) is 7.27. The average molecular weight is 263 g/mol. The highest BCUT2D eigenvalue weighted by molar-refractivity contribution is 8.13. The quantitative estimate of drug-likeness (QED) is 0.787. The van der Waals surface area contributed by atoms with E-state index in [1.54, 1.807) is 26.2 Å². The minimum Gasteiger partial charge on any atom is -0.496 e. The summed E-state index contributed by atoms with van der Waals surface area (Å²) >= 11 is 0. The Kier molecular flexibility index (Phi) is 3.86. The zero-order valence-corrected chi connectivity index (χ0v) is 11.3. The number of ether oxygens (including phenoxy) is 1. The number of hydrogen-bond donors (Lipinski definition) is 0. The van der Waals surface area contributed by atoms with Crippen LogP contribution in [0.4, 0.5) is 0 Å². The fraction of sp³-hybridized carbons (Fsp3) is 0.455. The van der Waals surface area contributed by atoms with Crippen LogP contribution in [0.25, 0.3) is 0 Å². The van der Waals surface area contributed by atoms with Crippen molar-refractivity contribution < 1.29 is 13.2 Å². The van der Waals surface area contributed by atoms with Gasteiger partial charge in [-0.1, -0.05) is 12.1 Å². The predicted octanol–water partition coefficient (Wildman–Crippen LogP) is 2.94. The standard InChI is InChI=1S/C11H15ClO3S/c1-7-5-10(9(3)16(12,13)14)6-8(2)11(7)15-4/h5-6,9H,1-4H3. The van der Waals surface area contributed by atoms with Crippen LogP contribution < -0.4 is 4.74 Å². The summed E-state index contributed by atoms with van der Waals surface area (Å²) in [5.74, 6) is 0.780. The zero-order chi connectivity index (χ0) is 12.5. The second-order valence-electron chi connectivity index (χ2n) is 3.81. The Morgan fingerprint density at radius 2 is 1.69 bits per heavy atom. The molecule has 0 amide bonds. The molecule has 0 spiro atoms. The number of aryl methyl sites for hydroxylation is 2. The van der Waals surface area contributed by atoms with Crippen molar-refractivity contribution in [1.29, 1.82) is 0 Å². The largest absolute Gasteiger partial charge is 0.496 e. The molecular weight excluding hydrogens is 248 g/mol. The lowest BCUT2D eigenvalue weighted by molar-refractivity contribution is 0.408. The Morgan fingerprint density at radius 3 is 2.00 bits per heavy atom. The molecule has 0 aromatic heterocycles. The van der Waals surface area contributed by atoms with E-state index in [9.17, 15) is 8.42 Å². The molecule has 1 unspecified atom stereocenters. The van der Waals surface area contributed by atoms with Crippen molar-refractivity contribution in [3.63, 3.8) is 0 Å². The first kappa shape index (κ1) is 13.3. The van der Waals surface area contributed by atoms with Gasteiger partial charge in [0.1, 0.15) is 5.75 Å². The molecule has 3 nitrogen and oxygen atoms in total. The van der Waals surface area contributed by atoms with E-state index in [1.807, 2.05) is 13.8 Å². The molecule has 0 bridgehead atoms. The third-order valence-corrected chi connectivity index (χ3v) is 4.50. The second-order valence-corrected chi connectivity index (χ2v) is 6.75. The molecule has 0 saturated carbocycles. The van der Waals surface area contributed by atoms with E-state index < -0.39 is 14.3 Å². The van der Waals surface area contributed by atoms with Crippen LogP contribution in [-0.4, -0.2) is 15.5 Å². The molecule has 1 aromatic rings. The topological polar surface area (TPSA) is 43.4 Å². The summed E-state index contributed by atoms with van der Waals surface area (Å²) in [5.41, 5.74) is 2.50. The van der Waals surface area contributed by atoms with Crippen molar-refractivity contribution in [2.75, 3.05) is 7.11 Å². The predicted molar refractivity (Wildman–Crippen MR) is 65.7 cm³/mol. The van der Waals surface area contributed by atoms with Gasteiger partial charge in [-0.3, -0.25) is 0 Å². The van der Waals surface area contributed by atoms with Crippen molar-refractivity contribution in [2.24, 2.45) is 0 Å². The van der Waals surface area contributed by atoms with Gasteiger partial charge in [0, 0.05) is 10.7 Å². The lowest BCUT2D eigenvalue weighted by atomic mass is 10.0. The number of benzene rings is 1. The highest BCUT2D eigenvalue weighted by Crippen LogP contribution is 2.31. The van der Waals surface area contributed by atoms with Crippen LogP contribution in [0.1, 0.15) is 28.9 Å². The summed E-state index contributed by atoms with van der Waals surface area (Å²) in [6.45, 7) is 5.33. The maximum absolute atomic E-state index is 11.2. The molecule has 0 aliphatic heterocycles. The maximum atomic E-state index is 11.2. The minimum atomic E-state index is -3.58. The number of halogens is 1. The molecular formula is C11H15ClO3S. The van der Waals surface area contributed by atoms with Crippen molar-refractivity contribution in [1.82, 2.24) is 0 Å². The van der Waals surface area contributed by atoms with Crippen molar-refractivity contribution in [3.05, 3.63) is 28.8 Å². The summed E-state index contributed by atoms with van der Waals surface area (Å²) < 4.78 is 27.7. The molecule has 0 N–H and O–H groups in total. The Morgan fingerprint density at radius 1 is 1.25 bits per heavy atom. The van der Waals surface area contributed by atoms with Crippen LogP contribution in [0.3, 0.4) is 0 Å². The van der Waals surface area contributed by atoms with E-state index in [-0.39, 0.29) is 0 Å². The number of methoxy groups -OCH3 is 1. The van der Waals surface area contributed by atoms with Gasteiger partial charge in [-0.15, -0.1) is 0 Å². The van der Waals surface area contributed by atoms with Crippen LogP contribution in [0, 0.1) is 13.8 Å². The van der Waals surface area contributed by atoms with Crippen molar-refractivity contribution >= 4 is 19.7 Å². The van der Waals surface area contributed by atoms with Crippen LogP contribution in [0.15, 0.2) is 12.1 Å². The Labute approximate surface area is 101 Å². The lowest BCUT2D eigenvalue weighted by Gasteiger charge is -2.14. The third kappa shape index (κ3) is 2.68. The lowest BCUT2D eigenvalue weighted by Crippen LogP contribution is -2.04. The van der Waals surface area contributed by atoms with Crippen LogP contribution >= 0.6 is 10.7 Å². The maximum Gasteiger partial charge on any atom is 0.239 e. The van der Waals surface area contributed by atoms with E-state index in [0.29, 0.717) is 5.56 Å². The van der Waals surface area contributed by atoms with Crippen LogP contribution in [0.5, 0.6) is 5.75 Å². The first-order valence-electron chi connectivity index (χ1n) is 4.86. The smallest absolute Gasteiger partial charge is 0.239 e. The van der Waals surface area contributed by atoms with E-state index in [1.165, 1.54) is 0 Å². The van der Waals surface area contributed by atoms with Gasteiger partial charge in [0.15, 0.2) is 0 Å². The first-order valence-corrected chi connectivity index (χ1v) is 7.23. The molecule has 5 heteroatoms. The molecule has 0 radical (unpaired) electrons. The summed E-state index contributed by atoms with van der Waals surface area (Å²) in [6, 6.07) is 3.58. The van der Waals surface area contributed by atoms with Crippen molar-refractivity contribution in [2.45, 2.75) is 26.0 Å². The molecule has 0 aliphatic carbocycles. The number of hydrogen-bond acceptors (Lipinski definition) is 3. The summed E-state index contributed by atoms with van der Waals surface area (Å²) in [6.07, 6.45) is 0. The molecule has 1 atom stereocenters. The Bertz CT molecular complexity index is 471. The van der Waals surface area contributed by atoms with Crippen LogP contribution in [-0.2, 0) is 9.05 Å². The molecule has 16 heavy (non-hydrogen) atoms. The van der Waals surface area contributed by atoms with E-state index >= 15 is 0 Å². The Balaban J connectivity index is 3.29. The van der Waals surface area contributed by atoms with E-state index in [4.69, 9.17) is 15.4 Å². The fourth-order valence-corrected chi connectivity index (χ4v) is 2.47. The molecule has 0 fully saturated rings. The van der Waals surface area contributed by atoms with Crippen molar-refractivity contribution in [3.8, 4) is 5.75 Å². The molecule has 0 heterocycles. The summed E-state index contributed by atoms with van der Waals surface area (Å²) in [4.78, 5) is 0. The van der Waals surface area contributed by atoms with Gasteiger partial charge in [-0.2, -0.15) is 0 Å². The fourth-order valence-electron chi connectivity index (χ4n) is 1.70. The van der Waals surface area contributed by atoms with E-state index in [2.05, 4.69) is 0 Å². The molecule has 1 rings (SSSR count). The van der Waals surface area contributed by atoms with Gasteiger partial charge in [0.25, 0.3) is 0 Å². The van der Waals surface area contributed by atoms with Gasteiger partial charge in [0.2, 0.25) is 9.05 Å². The third-order valence-electron chi connectivity index (χ3n) is 2.58. The van der Waals surface area contributed by atoms with Gasteiger partial charge >= 0.3 is 0 Å². The molecule has 0 saturated heterocycles. The second kappa shape index (κ2) is 4.63. The van der Waals surface area contributed by atoms with E-state index in [0.717, 1.165) is 16.9 Å². The monoisotopic (exact) mass is 262 g/mol. The SMILES string of the molecule is COc1c(C)cc(C(C)S(=O)(=O)Cl)cc1C. The zero-order valence-electron chi connectivity index (χ0n) is 9.74. The highest BCUT2D eigenvalue weighted by atomic mass is 35.7. The Hall–Kier alpha value is -0.740. The summed E-state index contributed by atoms with van der Waals surface area (Å²) in [7, 11) is 3.35. The normalized spacial score (nSPS) is 13.6. The number of rotatable bonds is 3. The molecule has 1 aromatic carbocycles. The van der Waals surface area contributed by atoms with Gasteiger partial charge in [-0.25, -0.2) is 8.42 Å². The van der Waals surface area contributed by atoms with Gasteiger partial charge in [-0.05, 0) is 37.5 Å².